The van der Waals surface area contributed by atoms with Gasteiger partial charge in [-0.2, -0.15) is 0 Å². The van der Waals surface area contributed by atoms with Crippen molar-refractivity contribution in [3.05, 3.63) is 52.9 Å². The maximum atomic E-state index is 14.1. The van der Waals surface area contributed by atoms with E-state index in [9.17, 15) is 13.6 Å². The van der Waals surface area contributed by atoms with Gasteiger partial charge in [-0.05, 0) is 75.9 Å². The standard InChI is InChI=1S/C16H15F2N3O.C7H14O/c1-21-5-4-11-12(10-3-2-9(17)6-13(10)18)7-14(16(19)22)20-15(11)8-21;1-7(2)5-3-4-6-8-7/h2-3,6-7H,4-5,8H2,1H3,(H2,19,22);3-6H2,1-2H3. The van der Waals surface area contributed by atoms with E-state index < -0.39 is 17.5 Å². The van der Waals surface area contributed by atoms with Crippen LogP contribution in [0, 0.1) is 11.6 Å². The first-order valence-corrected chi connectivity index (χ1v) is 10.3. The quantitative estimate of drug-likeness (QED) is 0.800. The van der Waals surface area contributed by atoms with Gasteiger partial charge in [0.2, 0.25) is 0 Å². The van der Waals surface area contributed by atoms with E-state index in [2.05, 4.69) is 23.7 Å². The summed E-state index contributed by atoms with van der Waals surface area (Å²) >= 11 is 0. The number of likely N-dealkylation sites (N-methyl/N-ethyl adjacent to an activating group) is 1. The van der Waals surface area contributed by atoms with Gasteiger partial charge in [-0.3, -0.25) is 4.79 Å². The van der Waals surface area contributed by atoms with Crippen LogP contribution in [-0.4, -0.2) is 41.6 Å². The van der Waals surface area contributed by atoms with Gasteiger partial charge in [0, 0.05) is 31.3 Å². The number of fused-ring (bicyclic) bond motifs is 1. The van der Waals surface area contributed by atoms with Crippen molar-refractivity contribution in [2.45, 2.75) is 51.7 Å². The lowest BCUT2D eigenvalue weighted by atomic mass is 9.93. The second-order valence-electron chi connectivity index (χ2n) is 8.52. The SMILES string of the molecule is CC1(C)CCCCO1.CN1CCc2c(-c3ccc(F)cc3F)cc(C(N)=O)nc2C1. The minimum absolute atomic E-state index is 0.0905. The summed E-state index contributed by atoms with van der Waals surface area (Å²) in [5.74, 6) is -1.97. The highest BCUT2D eigenvalue weighted by Gasteiger charge is 2.23. The lowest BCUT2D eigenvalue weighted by Crippen LogP contribution is -2.29. The van der Waals surface area contributed by atoms with E-state index in [0.717, 1.165) is 24.8 Å². The Morgan fingerprint density at radius 1 is 1.20 bits per heavy atom. The molecule has 4 rings (SSSR count). The molecular formula is C23H29F2N3O2. The first-order chi connectivity index (χ1) is 14.2. The number of ether oxygens (including phenoxy) is 1. The maximum absolute atomic E-state index is 14.1. The summed E-state index contributed by atoms with van der Waals surface area (Å²) in [7, 11) is 1.94. The Balaban J connectivity index is 0.000000269. The highest BCUT2D eigenvalue weighted by Crippen LogP contribution is 2.32. The number of carbonyl (C=O) groups is 1. The third-order valence-corrected chi connectivity index (χ3v) is 5.51. The molecular weight excluding hydrogens is 388 g/mol. The lowest BCUT2D eigenvalue weighted by molar-refractivity contribution is -0.0511. The van der Waals surface area contributed by atoms with Crippen LogP contribution < -0.4 is 5.73 Å². The highest BCUT2D eigenvalue weighted by molar-refractivity contribution is 5.92. The Hall–Kier alpha value is -2.38. The molecule has 162 valence electrons. The van der Waals surface area contributed by atoms with Gasteiger partial charge in [-0.15, -0.1) is 0 Å². The van der Waals surface area contributed by atoms with E-state index in [-0.39, 0.29) is 16.9 Å². The highest BCUT2D eigenvalue weighted by atomic mass is 19.1. The van der Waals surface area contributed by atoms with Crippen LogP contribution in [0.25, 0.3) is 11.1 Å². The summed E-state index contributed by atoms with van der Waals surface area (Å²) in [6.45, 7) is 6.65. The predicted molar refractivity (Wildman–Crippen MR) is 112 cm³/mol. The molecule has 0 unspecified atom stereocenters. The Morgan fingerprint density at radius 2 is 1.97 bits per heavy atom. The first-order valence-electron chi connectivity index (χ1n) is 10.3. The molecule has 0 atom stereocenters. The zero-order valence-electron chi connectivity index (χ0n) is 17.8. The van der Waals surface area contributed by atoms with Gasteiger partial charge in [-0.25, -0.2) is 13.8 Å². The smallest absolute Gasteiger partial charge is 0.267 e. The Bertz CT molecular complexity index is 923. The molecule has 0 spiro atoms. The topological polar surface area (TPSA) is 68.5 Å². The number of benzene rings is 1. The molecule has 0 radical (unpaired) electrons. The van der Waals surface area contributed by atoms with Crippen molar-refractivity contribution in [3.8, 4) is 11.1 Å². The second kappa shape index (κ2) is 9.18. The van der Waals surface area contributed by atoms with Crippen LogP contribution in [0.1, 0.15) is 54.9 Å². The van der Waals surface area contributed by atoms with E-state index in [1.807, 2.05) is 7.05 Å². The van der Waals surface area contributed by atoms with Crippen LogP contribution in [0.5, 0.6) is 0 Å². The largest absolute Gasteiger partial charge is 0.376 e. The van der Waals surface area contributed by atoms with E-state index in [4.69, 9.17) is 10.5 Å². The normalized spacial score (nSPS) is 18.2. The summed E-state index contributed by atoms with van der Waals surface area (Å²) in [6, 6.07) is 4.90. The monoisotopic (exact) mass is 417 g/mol. The van der Waals surface area contributed by atoms with E-state index in [1.165, 1.54) is 37.5 Å². The molecule has 7 heteroatoms. The van der Waals surface area contributed by atoms with E-state index >= 15 is 0 Å². The van der Waals surface area contributed by atoms with Crippen molar-refractivity contribution >= 4 is 5.91 Å². The number of rotatable bonds is 2. The Labute approximate surface area is 176 Å². The first kappa shape index (κ1) is 22.3. The van der Waals surface area contributed by atoms with Gasteiger partial charge >= 0.3 is 0 Å². The average molecular weight is 418 g/mol. The Morgan fingerprint density at radius 3 is 2.53 bits per heavy atom. The molecule has 0 saturated carbocycles. The van der Waals surface area contributed by atoms with Gasteiger partial charge in [0.25, 0.3) is 5.91 Å². The van der Waals surface area contributed by atoms with Crippen LogP contribution in [0.15, 0.2) is 24.3 Å². The van der Waals surface area contributed by atoms with Crippen molar-refractivity contribution in [3.63, 3.8) is 0 Å². The van der Waals surface area contributed by atoms with Crippen LogP contribution in [0.2, 0.25) is 0 Å². The number of hydrogen-bond acceptors (Lipinski definition) is 4. The number of primary amides is 1. The molecule has 0 aliphatic carbocycles. The summed E-state index contributed by atoms with van der Waals surface area (Å²) in [5.41, 5.74) is 8.00. The number of nitrogens with zero attached hydrogens (tertiary/aromatic N) is 2. The summed E-state index contributed by atoms with van der Waals surface area (Å²) in [5, 5.41) is 0. The molecule has 1 aromatic carbocycles. The molecule has 3 heterocycles. The third kappa shape index (κ3) is 5.40. The summed E-state index contributed by atoms with van der Waals surface area (Å²) < 4.78 is 32.7. The number of aromatic nitrogens is 1. The summed E-state index contributed by atoms with van der Waals surface area (Å²) in [6.07, 6.45) is 4.51. The molecule has 1 fully saturated rings. The van der Waals surface area contributed by atoms with E-state index in [1.54, 1.807) is 0 Å². The number of hydrogen-bond donors (Lipinski definition) is 1. The zero-order valence-corrected chi connectivity index (χ0v) is 17.8. The van der Waals surface area contributed by atoms with Crippen molar-refractivity contribution in [1.82, 2.24) is 9.88 Å². The number of amides is 1. The van der Waals surface area contributed by atoms with Crippen LogP contribution in [0.4, 0.5) is 8.78 Å². The van der Waals surface area contributed by atoms with Crippen molar-refractivity contribution < 1.29 is 18.3 Å². The van der Waals surface area contributed by atoms with Crippen molar-refractivity contribution in [2.75, 3.05) is 20.2 Å². The van der Waals surface area contributed by atoms with Crippen LogP contribution in [-0.2, 0) is 17.7 Å². The van der Waals surface area contributed by atoms with Gasteiger partial charge < -0.3 is 15.4 Å². The molecule has 1 saturated heterocycles. The molecule has 30 heavy (non-hydrogen) atoms. The number of nitrogens with two attached hydrogens (primary N) is 1. The van der Waals surface area contributed by atoms with Gasteiger partial charge in [0.15, 0.2) is 0 Å². The van der Waals surface area contributed by atoms with Crippen LogP contribution in [0.3, 0.4) is 0 Å². The van der Waals surface area contributed by atoms with Gasteiger partial charge in [-0.1, -0.05) is 0 Å². The molecule has 2 N–H and O–H groups in total. The Kier molecular flexibility index (Phi) is 6.83. The zero-order chi connectivity index (χ0) is 21.9. The second-order valence-corrected chi connectivity index (χ2v) is 8.52. The minimum Gasteiger partial charge on any atom is -0.376 e. The number of pyridine rings is 1. The van der Waals surface area contributed by atoms with E-state index in [0.29, 0.717) is 24.2 Å². The third-order valence-electron chi connectivity index (χ3n) is 5.51. The fourth-order valence-electron chi connectivity index (χ4n) is 3.82. The average Bonchev–Trinajstić information content (AvgIpc) is 2.67. The van der Waals surface area contributed by atoms with Crippen molar-refractivity contribution in [2.24, 2.45) is 5.73 Å². The maximum Gasteiger partial charge on any atom is 0.267 e. The molecule has 0 bridgehead atoms. The number of carbonyl (C=O) groups excluding carboxylic acids is 1. The molecule has 1 amide bonds. The van der Waals surface area contributed by atoms with Gasteiger partial charge in [0.05, 0.1) is 11.3 Å². The molecule has 2 aromatic rings. The molecule has 5 nitrogen and oxygen atoms in total. The van der Waals surface area contributed by atoms with Crippen molar-refractivity contribution in [1.29, 1.82) is 0 Å². The minimum atomic E-state index is -0.667. The lowest BCUT2D eigenvalue weighted by Gasteiger charge is -2.29. The fourth-order valence-corrected chi connectivity index (χ4v) is 3.82. The number of halogens is 2. The molecule has 1 aromatic heterocycles. The predicted octanol–water partition coefficient (Wildman–Crippen LogP) is 4.08. The summed E-state index contributed by atoms with van der Waals surface area (Å²) in [4.78, 5) is 17.8. The molecule has 2 aliphatic rings. The molecule has 2 aliphatic heterocycles. The van der Waals surface area contributed by atoms with Crippen LogP contribution >= 0.6 is 0 Å². The fraction of sp³-hybridized carbons (Fsp3) is 0.478. The van der Waals surface area contributed by atoms with Gasteiger partial charge in [0.1, 0.15) is 17.3 Å².